The summed E-state index contributed by atoms with van der Waals surface area (Å²) in [5.74, 6) is 1.86. The van der Waals surface area contributed by atoms with Crippen LogP contribution in [0.2, 0.25) is 0 Å². The van der Waals surface area contributed by atoms with Crippen LogP contribution < -0.4 is 0 Å². The lowest BCUT2D eigenvalue weighted by Crippen LogP contribution is -2.00. The summed E-state index contributed by atoms with van der Waals surface area (Å²) in [5.41, 5.74) is 8.50. The van der Waals surface area contributed by atoms with Gasteiger partial charge in [-0.25, -0.2) is 15.0 Å². The Hall–Kier alpha value is -6.50. The second kappa shape index (κ2) is 11.6. The summed E-state index contributed by atoms with van der Waals surface area (Å²) in [7, 11) is 0. The summed E-state index contributed by atoms with van der Waals surface area (Å²) in [5, 5.41) is 4.49. The summed E-state index contributed by atoms with van der Waals surface area (Å²) in [6.07, 6.45) is 1.82. The SMILES string of the molecule is c1ccc(-c2nc(-c3ccc4c(c3)sc3ccccc34)nc(-c3cccc4oc5c(-c6ccc(-c7ccccn7)cc6)cccc5c34)n2)cc1. The number of fused-ring (bicyclic) bond motifs is 6. The number of nitrogens with zero attached hydrogens (tertiary/aromatic N) is 4. The van der Waals surface area contributed by atoms with Crippen LogP contribution in [0.25, 0.3) is 98.7 Å². The van der Waals surface area contributed by atoms with Gasteiger partial charge in [-0.15, -0.1) is 11.3 Å². The minimum Gasteiger partial charge on any atom is -0.455 e. The van der Waals surface area contributed by atoms with Crippen molar-refractivity contribution in [2.45, 2.75) is 0 Å². The summed E-state index contributed by atoms with van der Waals surface area (Å²) >= 11 is 1.79. The van der Waals surface area contributed by atoms with E-state index in [9.17, 15) is 0 Å². The van der Waals surface area contributed by atoms with E-state index < -0.39 is 0 Å². The standard InChI is InChI=1S/C44H26N4OS/c1-2-10-29(11-3-1)42-46-43(30-23-24-33-32-12-4-5-18-38(32)50-39(33)26-30)48-44(47-42)35-15-9-17-37-40(35)34-14-8-13-31(41(34)49-37)27-19-21-28(22-20-27)36-16-6-7-25-45-36/h1-26H. The predicted octanol–water partition coefficient (Wildman–Crippen LogP) is 11.9. The average Bonchev–Trinajstić information content (AvgIpc) is 3.77. The molecule has 0 fully saturated rings. The summed E-state index contributed by atoms with van der Waals surface area (Å²) in [6.45, 7) is 0. The Balaban J connectivity index is 1.14. The van der Waals surface area contributed by atoms with Gasteiger partial charge in [-0.05, 0) is 35.9 Å². The van der Waals surface area contributed by atoms with Crippen LogP contribution in [-0.2, 0) is 0 Å². The lowest BCUT2D eigenvalue weighted by Gasteiger charge is -2.09. The highest BCUT2D eigenvalue weighted by Crippen LogP contribution is 2.41. The first-order valence-corrected chi connectivity index (χ1v) is 17.3. The molecule has 6 aromatic carbocycles. The molecule has 10 rings (SSSR count). The Morgan fingerprint density at radius 2 is 1.12 bits per heavy atom. The van der Waals surface area contributed by atoms with Crippen molar-refractivity contribution < 1.29 is 4.42 Å². The Labute approximate surface area is 291 Å². The lowest BCUT2D eigenvalue weighted by atomic mass is 9.99. The molecule has 5 nitrogen and oxygen atoms in total. The van der Waals surface area contributed by atoms with Gasteiger partial charge >= 0.3 is 0 Å². The largest absolute Gasteiger partial charge is 0.455 e. The molecule has 6 heteroatoms. The van der Waals surface area contributed by atoms with E-state index in [2.05, 4.69) is 96.0 Å². The number of aromatic nitrogens is 4. The quantitative estimate of drug-likeness (QED) is 0.184. The monoisotopic (exact) mass is 658 g/mol. The van der Waals surface area contributed by atoms with E-state index in [4.69, 9.17) is 19.4 Å². The Bertz CT molecular complexity index is 2860. The second-order valence-electron chi connectivity index (χ2n) is 12.2. The molecule has 234 valence electrons. The zero-order chi connectivity index (χ0) is 33.0. The van der Waals surface area contributed by atoms with Gasteiger partial charge in [0.2, 0.25) is 0 Å². The Morgan fingerprint density at radius 3 is 1.98 bits per heavy atom. The number of hydrogen-bond acceptors (Lipinski definition) is 6. The molecular formula is C44H26N4OS. The molecule has 0 amide bonds. The highest BCUT2D eigenvalue weighted by molar-refractivity contribution is 7.25. The minimum atomic E-state index is 0.601. The van der Waals surface area contributed by atoms with Gasteiger partial charge in [0, 0.05) is 65.0 Å². The fourth-order valence-electron chi connectivity index (χ4n) is 6.82. The van der Waals surface area contributed by atoms with Crippen LogP contribution in [0.4, 0.5) is 0 Å². The highest BCUT2D eigenvalue weighted by Gasteiger charge is 2.20. The number of furan rings is 1. The van der Waals surface area contributed by atoms with Gasteiger partial charge in [0.1, 0.15) is 11.2 Å². The molecular weight excluding hydrogens is 633 g/mol. The van der Waals surface area contributed by atoms with Gasteiger partial charge < -0.3 is 4.42 Å². The van der Waals surface area contributed by atoms with Crippen molar-refractivity contribution >= 4 is 53.4 Å². The number of rotatable bonds is 5. The average molecular weight is 659 g/mol. The number of benzene rings is 6. The molecule has 10 aromatic rings. The predicted molar refractivity (Wildman–Crippen MR) is 205 cm³/mol. The van der Waals surface area contributed by atoms with Crippen LogP contribution >= 0.6 is 11.3 Å². The molecule has 0 aliphatic carbocycles. The number of pyridine rings is 1. The van der Waals surface area contributed by atoms with Gasteiger partial charge in [0.25, 0.3) is 0 Å². The van der Waals surface area contributed by atoms with Crippen LogP contribution in [0.3, 0.4) is 0 Å². The van der Waals surface area contributed by atoms with Crippen molar-refractivity contribution in [1.82, 2.24) is 19.9 Å². The van der Waals surface area contributed by atoms with Crippen molar-refractivity contribution in [2.24, 2.45) is 0 Å². The molecule has 0 bridgehead atoms. The van der Waals surface area contributed by atoms with Gasteiger partial charge in [0.15, 0.2) is 17.5 Å². The molecule has 0 saturated carbocycles. The fourth-order valence-corrected chi connectivity index (χ4v) is 7.97. The topological polar surface area (TPSA) is 64.7 Å². The van der Waals surface area contributed by atoms with Gasteiger partial charge in [-0.1, -0.05) is 121 Å². The lowest BCUT2D eigenvalue weighted by molar-refractivity contribution is 0.670. The zero-order valence-corrected chi connectivity index (χ0v) is 27.4. The summed E-state index contributed by atoms with van der Waals surface area (Å²) < 4.78 is 9.11. The van der Waals surface area contributed by atoms with Crippen molar-refractivity contribution in [3.63, 3.8) is 0 Å². The van der Waals surface area contributed by atoms with Crippen LogP contribution in [0, 0.1) is 0 Å². The van der Waals surface area contributed by atoms with E-state index in [-0.39, 0.29) is 0 Å². The highest BCUT2D eigenvalue weighted by atomic mass is 32.1. The first kappa shape index (κ1) is 28.5. The summed E-state index contributed by atoms with van der Waals surface area (Å²) in [4.78, 5) is 19.8. The maximum absolute atomic E-state index is 6.64. The van der Waals surface area contributed by atoms with E-state index in [1.54, 1.807) is 11.3 Å². The first-order chi connectivity index (χ1) is 24.8. The van der Waals surface area contributed by atoms with Crippen LogP contribution in [0.1, 0.15) is 0 Å². The van der Waals surface area contributed by atoms with Crippen LogP contribution in [-0.4, -0.2) is 19.9 Å². The van der Waals surface area contributed by atoms with Gasteiger partial charge in [-0.2, -0.15) is 0 Å². The second-order valence-corrected chi connectivity index (χ2v) is 13.3. The smallest absolute Gasteiger partial charge is 0.164 e. The molecule has 50 heavy (non-hydrogen) atoms. The number of para-hydroxylation sites is 1. The third-order valence-electron chi connectivity index (χ3n) is 9.22. The van der Waals surface area contributed by atoms with E-state index >= 15 is 0 Å². The molecule has 0 atom stereocenters. The third-order valence-corrected chi connectivity index (χ3v) is 10.4. The van der Waals surface area contributed by atoms with Crippen LogP contribution in [0.15, 0.2) is 162 Å². The molecule has 0 radical (unpaired) electrons. The molecule has 0 aliphatic heterocycles. The molecule has 4 aromatic heterocycles. The molecule has 0 aliphatic rings. The molecule has 0 saturated heterocycles. The molecule has 0 N–H and O–H groups in total. The maximum Gasteiger partial charge on any atom is 0.164 e. The van der Waals surface area contributed by atoms with E-state index in [0.717, 1.165) is 61.0 Å². The molecule has 0 unspecified atom stereocenters. The van der Waals surface area contributed by atoms with Gasteiger partial charge in [-0.3, -0.25) is 4.98 Å². The molecule has 0 spiro atoms. The minimum absolute atomic E-state index is 0.601. The number of hydrogen-bond donors (Lipinski definition) is 0. The van der Waals surface area contributed by atoms with Crippen molar-refractivity contribution in [1.29, 1.82) is 0 Å². The Morgan fingerprint density at radius 1 is 0.440 bits per heavy atom. The van der Waals surface area contributed by atoms with Crippen LogP contribution in [0.5, 0.6) is 0 Å². The maximum atomic E-state index is 6.64. The zero-order valence-electron chi connectivity index (χ0n) is 26.6. The van der Waals surface area contributed by atoms with Gasteiger partial charge in [0.05, 0.1) is 5.69 Å². The third kappa shape index (κ3) is 4.77. The summed E-state index contributed by atoms with van der Waals surface area (Å²) in [6, 6.07) is 52.0. The normalized spacial score (nSPS) is 11.6. The van der Waals surface area contributed by atoms with E-state index in [1.165, 1.54) is 20.2 Å². The fraction of sp³-hybridized carbons (Fsp3) is 0. The number of thiophene rings is 1. The first-order valence-electron chi connectivity index (χ1n) is 16.5. The van der Waals surface area contributed by atoms with Crippen molar-refractivity contribution in [3.8, 4) is 56.5 Å². The van der Waals surface area contributed by atoms with E-state index in [1.807, 2.05) is 66.9 Å². The van der Waals surface area contributed by atoms with Crippen molar-refractivity contribution in [2.75, 3.05) is 0 Å². The Kier molecular flexibility index (Phi) is 6.60. The van der Waals surface area contributed by atoms with Crippen molar-refractivity contribution in [3.05, 3.63) is 158 Å². The molecule has 4 heterocycles. The van der Waals surface area contributed by atoms with E-state index in [0.29, 0.717) is 17.5 Å².